The van der Waals surface area contributed by atoms with Crippen LogP contribution in [0.3, 0.4) is 0 Å². The highest BCUT2D eigenvalue weighted by Gasteiger charge is 2.27. The second kappa shape index (κ2) is 66.6. The molecule has 0 bridgehead atoms. The number of rotatable bonds is 74. The maximum absolute atomic E-state index is 13.9. The molecule has 0 spiro atoms. The van der Waals surface area contributed by atoms with Crippen molar-refractivity contribution >= 4 is 5.97 Å². The summed E-state index contributed by atoms with van der Waals surface area (Å²) in [4.78, 5) is 13.9. The Morgan fingerprint density at radius 1 is 0.263 bits per heavy atom. The standard InChI is InChI=1S/C63H124O32/c1-2-3-4-5-6-7-8-9-10-11-12-13-14-15-16-17-63(80)95-62(46-93-60(42-89-56(34-81-26-48(72)18-64)35-82-27-49(73)19-65)43-90-57(36-83-28-50(74)20-66)37-84-29-51(75)21-67)47-94-61(44-91-58(38-85-30-52(76)22-68)39-86-31-53(77)23-69)45-92-59(40-87-32-54(78)24-70)41-88-33-55(79)25-71/h9-10,48-62,64-79H,2-8,11-47H2,1H3/b10-9-. The lowest BCUT2D eigenvalue weighted by molar-refractivity contribution is -0.175. The number of carbonyl (C=O) groups excluding carboxylic acids is 1. The molecule has 16 N–H and O–H groups in total. The molecule has 0 saturated heterocycles. The molecule has 0 aromatic carbocycles. The first-order valence-corrected chi connectivity index (χ1v) is 33.5. The predicted molar refractivity (Wildman–Crippen MR) is 339 cm³/mol. The zero-order valence-electron chi connectivity index (χ0n) is 56.1. The highest BCUT2D eigenvalue weighted by Crippen LogP contribution is 2.15. The molecule has 0 aliphatic rings. The molecule has 8 atom stereocenters. The third-order valence-electron chi connectivity index (χ3n) is 13.6. The van der Waals surface area contributed by atoms with Crippen molar-refractivity contribution in [3.8, 4) is 0 Å². The summed E-state index contributed by atoms with van der Waals surface area (Å²) >= 11 is 0. The smallest absolute Gasteiger partial charge is 0.306 e. The Kier molecular flexibility index (Phi) is 65.2. The molecule has 32 nitrogen and oxygen atoms in total. The number of hydrogen-bond donors (Lipinski definition) is 16. The van der Waals surface area contributed by atoms with Gasteiger partial charge in [0.2, 0.25) is 0 Å². The van der Waals surface area contributed by atoms with E-state index in [1.54, 1.807) is 0 Å². The first-order valence-electron chi connectivity index (χ1n) is 33.5. The van der Waals surface area contributed by atoms with Crippen molar-refractivity contribution in [1.29, 1.82) is 0 Å². The van der Waals surface area contributed by atoms with Crippen molar-refractivity contribution in [2.45, 2.75) is 188 Å². The summed E-state index contributed by atoms with van der Waals surface area (Å²) in [5.41, 5.74) is 0. The number of aliphatic hydroxyl groups is 16. The van der Waals surface area contributed by atoms with Gasteiger partial charge >= 0.3 is 5.97 Å². The predicted octanol–water partition coefficient (Wildman–Crippen LogP) is -3.79. The molecular formula is C63H124O32. The number of hydrogen-bond acceptors (Lipinski definition) is 32. The van der Waals surface area contributed by atoms with Gasteiger partial charge in [0.15, 0.2) is 0 Å². The SMILES string of the molecule is CCCCCCCC/C=C\CCCCCCCC(=O)OC(COC(COC(COCC(O)CO)COCC(O)CO)COC(COCC(O)CO)COCC(O)CO)COC(COC(COCC(O)CO)COCC(O)CO)COC(COCC(O)CO)COCC(O)CO. The molecule has 0 aliphatic carbocycles. The quantitative estimate of drug-likeness (QED) is 0.0158. The van der Waals surface area contributed by atoms with E-state index in [1.807, 2.05) is 0 Å². The molecule has 0 aromatic heterocycles. The summed E-state index contributed by atoms with van der Waals surface area (Å²) in [6, 6.07) is 0. The van der Waals surface area contributed by atoms with Crippen LogP contribution >= 0.6 is 0 Å². The Hall–Kier alpha value is -1.99. The van der Waals surface area contributed by atoms with E-state index < -0.39 is 164 Å². The van der Waals surface area contributed by atoms with E-state index in [0.717, 1.165) is 38.5 Å². The van der Waals surface area contributed by atoms with Gasteiger partial charge in [0.25, 0.3) is 0 Å². The van der Waals surface area contributed by atoms with Crippen LogP contribution in [-0.4, -0.2) is 377 Å². The Bertz CT molecular complexity index is 1420. The van der Waals surface area contributed by atoms with Crippen LogP contribution in [-0.2, 0) is 75.8 Å². The maximum atomic E-state index is 13.9. The molecule has 0 amide bonds. The lowest BCUT2D eigenvalue weighted by atomic mass is 10.1. The van der Waals surface area contributed by atoms with Gasteiger partial charge in [0, 0.05) is 6.42 Å². The van der Waals surface area contributed by atoms with Gasteiger partial charge in [0.05, 0.1) is 198 Å². The van der Waals surface area contributed by atoms with Gasteiger partial charge < -0.3 is 153 Å². The molecule has 8 unspecified atom stereocenters. The maximum Gasteiger partial charge on any atom is 0.306 e. The fourth-order valence-electron chi connectivity index (χ4n) is 8.13. The summed E-state index contributed by atoms with van der Waals surface area (Å²) in [5, 5.41) is 155. The Morgan fingerprint density at radius 2 is 0.463 bits per heavy atom. The third kappa shape index (κ3) is 58.4. The summed E-state index contributed by atoms with van der Waals surface area (Å²) in [6.45, 7) is -8.82. The van der Waals surface area contributed by atoms with E-state index in [1.165, 1.54) is 38.5 Å². The Labute approximate surface area is 560 Å². The van der Waals surface area contributed by atoms with Crippen LogP contribution in [0, 0.1) is 0 Å². The number of unbranched alkanes of at least 4 members (excludes halogenated alkanes) is 11. The topological polar surface area (TPSA) is 479 Å². The fourth-order valence-corrected chi connectivity index (χ4v) is 8.13. The summed E-state index contributed by atoms with van der Waals surface area (Å²) in [5.74, 6) is -0.601. The third-order valence-corrected chi connectivity index (χ3v) is 13.6. The van der Waals surface area contributed by atoms with E-state index in [0.29, 0.717) is 6.42 Å². The number of aliphatic hydroxyl groups excluding tert-OH is 16. The van der Waals surface area contributed by atoms with Gasteiger partial charge in [-0.15, -0.1) is 0 Å². The highest BCUT2D eigenvalue weighted by molar-refractivity contribution is 5.69. The Balaban J connectivity index is 7.29. The zero-order chi connectivity index (χ0) is 70.4. The van der Waals surface area contributed by atoms with Crippen LogP contribution in [0.1, 0.15) is 96.8 Å². The minimum atomic E-state index is -1.23. The van der Waals surface area contributed by atoms with Crippen LogP contribution in [0.5, 0.6) is 0 Å². The first kappa shape index (κ1) is 93.0. The van der Waals surface area contributed by atoms with E-state index in [-0.39, 0.29) is 139 Å². The largest absolute Gasteiger partial charge is 0.457 e. The molecule has 568 valence electrons. The van der Waals surface area contributed by atoms with Crippen LogP contribution in [0.25, 0.3) is 0 Å². The van der Waals surface area contributed by atoms with Gasteiger partial charge in [0.1, 0.15) is 91.6 Å². The minimum absolute atomic E-state index is 0.0184. The minimum Gasteiger partial charge on any atom is -0.457 e. The molecule has 0 saturated carbocycles. The molecule has 95 heavy (non-hydrogen) atoms. The molecule has 0 fully saturated rings. The number of allylic oxidation sites excluding steroid dienone is 2. The number of carbonyl (C=O) groups is 1. The average molecular weight is 1390 g/mol. The van der Waals surface area contributed by atoms with E-state index >= 15 is 0 Å². The number of ether oxygens (including phenoxy) is 15. The van der Waals surface area contributed by atoms with Crippen LogP contribution < -0.4 is 0 Å². The second-order valence-electron chi connectivity index (χ2n) is 23.2. The van der Waals surface area contributed by atoms with Gasteiger partial charge in [-0.2, -0.15) is 0 Å². The first-order chi connectivity index (χ1) is 46.0. The molecule has 0 radical (unpaired) electrons. The van der Waals surface area contributed by atoms with Crippen molar-refractivity contribution in [1.82, 2.24) is 0 Å². The molecule has 0 aromatic rings. The molecule has 0 rings (SSSR count). The normalized spacial score (nSPS) is 17.0. The van der Waals surface area contributed by atoms with Gasteiger partial charge in [-0.1, -0.05) is 70.4 Å². The Morgan fingerprint density at radius 3 is 0.695 bits per heavy atom. The van der Waals surface area contributed by atoms with Gasteiger partial charge in [-0.3, -0.25) is 4.79 Å². The molecule has 0 aliphatic heterocycles. The second-order valence-corrected chi connectivity index (χ2v) is 23.2. The van der Waals surface area contributed by atoms with E-state index in [4.69, 9.17) is 71.1 Å². The van der Waals surface area contributed by atoms with Crippen LogP contribution in [0.4, 0.5) is 0 Å². The van der Waals surface area contributed by atoms with Gasteiger partial charge in [-0.05, 0) is 32.1 Å². The monoisotopic (exact) mass is 1390 g/mol. The molecule has 0 heterocycles. The van der Waals surface area contributed by atoms with Crippen LogP contribution in [0.2, 0.25) is 0 Å². The lowest BCUT2D eigenvalue weighted by Gasteiger charge is -2.29. The summed E-state index contributed by atoms with van der Waals surface area (Å²) < 4.78 is 88.6. The molecule has 32 heteroatoms. The van der Waals surface area contributed by atoms with E-state index in [9.17, 15) is 86.5 Å². The summed E-state index contributed by atoms with van der Waals surface area (Å²) in [6.07, 6.45) is 1.03. The lowest BCUT2D eigenvalue weighted by Crippen LogP contribution is -2.40. The highest BCUT2D eigenvalue weighted by atomic mass is 16.6. The molecular weight excluding hydrogens is 1270 g/mol. The summed E-state index contributed by atoms with van der Waals surface area (Å²) in [7, 11) is 0. The van der Waals surface area contributed by atoms with Crippen molar-refractivity contribution in [2.24, 2.45) is 0 Å². The van der Waals surface area contributed by atoms with E-state index in [2.05, 4.69) is 19.1 Å². The number of esters is 1. The van der Waals surface area contributed by atoms with Gasteiger partial charge in [-0.25, -0.2) is 0 Å². The fraction of sp³-hybridized carbons (Fsp3) is 0.952. The average Bonchev–Trinajstić information content (AvgIpc) is 3.79. The zero-order valence-corrected chi connectivity index (χ0v) is 56.1. The van der Waals surface area contributed by atoms with Crippen molar-refractivity contribution in [3.63, 3.8) is 0 Å². The van der Waals surface area contributed by atoms with Crippen molar-refractivity contribution in [2.75, 3.05) is 198 Å². The van der Waals surface area contributed by atoms with Crippen molar-refractivity contribution < 1.29 is 158 Å². The van der Waals surface area contributed by atoms with Crippen LogP contribution in [0.15, 0.2) is 12.2 Å². The van der Waals surface area contributed by atoms with Crippen molar-refractivity contribution in [3.05, 3.63) is 12.2 Å².